The predicted octanol–water partition coefficient (Wildman–Crippen LogP) is -1.65. The van der Waals surface area contributed by atoms with Crippen LogP contribution in [0, 0.1) is 0 Å². The van der Waals surface area contributed by atoms with E-state index in [1.54, 1.807) is 0 Å². The van der Waals surface area contributed by atoms with Gasteiger partial charge in [0.05, 0.1) is 13.2 Å². The number of carboxylic acid groups (broad SMARTS) is 2. The molecule has 4 N–H and O–H groups in total. The van der Waals surface area contributed by atoms with Crippen LogP contribution in [0.3, 0.4) is 0 Å². The standard InChI is InChI=1S/C9H16N2O6/c1-2-17-9(16)7(8(14)15)11(4-3-10)5-6(12)13/h7H,2-5,10H2,1H3,(H,12,13)(H,14,15). The smallest absolute Gasteiger partial charge is 0.335 e. The third-order valence-corrected chi connectivity index (χ3v) is 1.86. The largest absolute Gasteiger partial charge is 0.480 e. The number of carboxylic acids is 2. The number of nitrogens with zero attached hydrogens (tertiary/aromatic N) is 1. The number of hydrogen-bond acceptors (Lipinski definition) is 6. The van der Waals surface area contributed by atoms with Gasteiger partial charge in [0.2, 0.25) is 6.04 Å². The summed E-state index contributed by atoms with van der Waals surface area (Å²) >= 11 is 0. The van der Waals surface area contributed by atoms with Crippen molar-refractivity contribution in [1.29, 1.82) is 0 Å². The molecule has 0 aromatic carbocycles. The van der Waals surface area contributed by atoms with Crippen molar-refractivity contribution in [2.45, 2.75) is 13.0 Å². The number of nitrogens with two attached hydrogens (primary N) is 1. The van der Waals surface area contributed by atoms with Crippen molar-refractivity contribution in [3.05, 3.63) is 0 Å². The zero-order valence-electron chi connectivity index (χ0n) is 9.46. The van der Waals surface area contributed by atoms with Gasteiger partial charge in [-0.1, -0.05) is 0 Å². The molecule has 98 valence electrons. The molecule has 0 spiro atoms. The normalized spacial score (nSPS) is 12.2. The first-order chi connectivity index (χ1) is 7.93. The second kappa shape index (κ2) is 7.58. The number of carbonyl (C=O) groups is 3. The van der Waals surface area contributed by atoms with E-state index in [1.807, 2.05) is 0 Å². The molecule has 8 heteroatoms. The van der Waals surface area contributed by atoms with Crippen LogP contribution in [-0.4, -0.2) is 65.3 Å². The Labute approximate surface area is 97.9 Å². The Morgan fingerprint density at radius 2 is 1.94 bits per heavy atom. The van der Waals surface area contributed by atoms with Crippen molar-refractivity contribution >= 4 is 17.9 Å². The first kappa shape index (κ1) is 15.3. The quantitative estimate of drug-likeness (QED) is 0.344. The Bertz CT molecular complexity index is 293. The Balaban J connectivity index is 4.87. The van der Waals surface area contributed by atoms with Crippen LogP contribution in [0.2, 0.25) is 0 Å². The molecule has 0 saturated carbocycles. The molecule has 1 atom stereocenters. The minimum Gasteiger partial charge on any atom is -0.480 e. The molecule has 0 aromatic rings. The highest BCUT2D eigenvalue weighted by molar-refractivity contribution is 5.98. The molecule has 0 heterocycles. The molecule has 0 amide bonds. The number of rotatable bonds is 8. The van der Waals surface area contributed by atoms with Crippen LogP contribution in [-0.2, 0) is 19.1 Å². The number of carbonyl (C=O) groups excluding carboxylic acids is 1. The van der Waals surface area contributed by atoms with Crippen molar-refractivity contribution < 1.29 is 29.3 Å². The highest BCUT2D eigenvalue weighted by Gasteiger charge is 2.34. The second-order valence-electron chi connectivity index (χ2n) is 3.15. The van der Waals surface area contributed by atoms with E-state index in [4.69, 9.17) is 15.9 Å². The third-order valence-electron chi connectivity index (χ3n) is 1.86. The van der Waals surface area contributed by atoms with Gasteiger partial charge in [0, 0.05) is 13.1 Å². The van der Waals surface area contributed by atoms with E-state index in [9.17, 15) is 14.4 Å². The van der Waals surface area contributed by atoms with Gasteiger partial charge in [0.25, 0.3) is 0 Å². The Morgan fingerprint density at radius 1 is 1.35 bits per heavy atom. The van der Waals surface area contributed by atoms with Crippen LogP contribution >= 0.6 is 0 Å². The van der Waals surface area contributed by atoms with Crippen LogP contribution in [0.25, 0.3) is 0 Å². The lowest BCUT2D eigenvalue weighted by molar-refractivity contribution is -0.161. The zero-order valence-corrected chi connectivity index (χ0v) is 9.46. The fourth-order valence-corrected chi connectivity index (χ4v) is 1.27. The number of ether oxygens (including phenoxy) is 1. The summed E-state index contributed by atoms with van der Waals surface area (Å²) in [4.78, 5) is 33.9. The third kappa shape index (κ3) is 5.27. The molecule has 1 unspecified atom stereocenters. The van der Waals surface area contributed by atoms with Crippen molar-refractivity contribution in [2.24, 2.45) is 5.73 Å². The van der Waals surface area contributed by atoms with Gasteiger partial charge in [-0.05, 0) is 6.92 Å². The van der Waals surface area contributed by atoms with Crippen molar-refractivity contribution in [3.63, 3.8) is 0 Å². The summed E-state index contributed by atoms with van der Waals surface area (Å²) in [5, 5.41) is 17.5. The van der Waals surface area contributed by atoms with Crippen molar-refractivity contribution in [2.75, 3.05) is 26.2 Å². The van der Waals surface area contributed by atoms with Gasteiger partial charge in [-0.15, -0.1) is 0 Å². The summed E-state index contributed by atoms with van der Waals surface area (Å²) in [5.74, 6) is -3.69. The lowest BCUT2D eigenvalue weighted by Crippen LogP contribution is -2.51. The molecule has 0 aliphatic heterocycles. The Morgan fingerprint density at radius 3 is 2.29 bits per heavy atom. The maximum atomic E-state index is 11.4. The second-order valence-corrected chi connectivity index (χ2v) is 3.15. The maximum absolute atomic E-state index is 11.4. The van der Waals surface area contributed by atoms with E-state index in [1.165, 1.54) is 6.92 Å². The summed E-state index contributed by atoms with van der Waals surface area (Å²) in [6, 6.07) is -1.64. The Hall–Kier alpha value is -1.67. The topological polar surface area (TPSA) is 130 Å². The minimum absolute atomic E-state index is 0.0200. The van der Waals surface area contributed by atoms with Crippen molar-refractivity contribution in [3.8, 4) is 0 Å². The van der Waals surface area contributed by atoms with Crippen LogP contribution < -0.4 is 5.73 Å². The summed E-state index contributed by atoms with van der Waals surface area (Å²) in [7, 11) is 0. The number of aliphatic carboxylic acids is 2. The van der Waals surface area contributed by atoms with Gasteiger partial charge in [-0.25, -0.2) is 9.59 Å². The van der Waals surface area contributed by atoms with Gasteiger partial charge in [0.1, 0.15) is 0 Å². The SMILES string of the molecule is CCOC(=O)C(C(=O)O)N(CCN)CC(=O)O. The van der Waals surface area contributed by atoms with Crippen LogP contribution in [0.15, 0.2) is 0 Å². The Kier molecular flexibility index (Phi) is 6.83. The lowest BCUT2D eigenvalue weighted by Gasteiger charge is -2.24. The molecule has 0 fully saturated rings. The summed E-state index contributed by atoms with van der Waals surface area (Å²) in [6.45, 7) is 0.971. The van der Waals surface area contributed by atoms with Gasteiger partial charge in [-0.2, -0.15) is 0 Å². The monoisotopic (exact) mass is 248 g/mol. The number of esters is 1. The van der Waals surface area contributed by atoms with E-state index in [2.05, 4.69) is 4.74 Å². The first-order valence-electron chi connectivity index (χ1n) is 4.99. The highest BCUT2D eigenvalue weighted by atomic mass is 16.5. The fourth-order valence-electron chi connectivity index (χ4n) is 1.27. The van der Waals surface area contributed by atoms with Gasteiger partial charge < -0.3 is 20.7 Å². The summed E-state index contributed by atoms with van der Waals surface area (Å²) in [5.41, 5.74) is 5.24. The van der Waals surface area contributed by atoms with Crippen LogP contribution in [0.5, 0.6) is 0 Å². The van der Waals surface area contributed by atoms with E-state index in [-0.39, 0.29) is 19.7 Å². The maximum Gasteiger partial charge on any atom is 0.335 e. The predicted molar refractivity (Wildman–Crippen MR) is 56.3 cm³/mol. The molecular weight excluding hydrogens is 232 g/mol. The lowest BCUT2D eigenvalue weighted by atomic mass is 10.2. The molecule has 0 aliphatic rings. The van der Waals surface area contributed by atoms with E-state index >= 15 is 0 Å². The molecular formula is C9H16N2O6. The van der Waals surface area contributed by atoms with E-state index in [0.717, 1.165) is 4.90 Å². The minimum atomic E-state index is -1.64. The molecule has 0 rings (SSSR count). The van der Waals surface area contributed by atoms with E-state index in [0.29, 0.717) is 0 Å². The number of hydrogen-bond donors (Lipinski definition) is 3. The first-order valence-corrected chi connectivity index (χ1v) is 4.99. The molecule has 0 aromatic heterocycles. The van der Waals surface area contributed by atoms with Crippen LogP contribution in [0.1, 0.15) is 6.92 Å². The average Bonchev–Trinajstić information content (AvgIpc) is 2.16. The molecule has 0 radical (unpaired) electrons. The van der Waals surface area contributed by atoms with Gasteiger partial charge in [-0.3, -0.25) is 9.69 Å². The molecule has 0 bridgehead atoms. The summed E-state index contributed by atoms with van der Waals surface area (Å²) < 4.78 is 4.58. The summed E-state index contributed by atoms with van der Waals surface area (Å²) in [6.07, 6.45) is 0. The zero-order chi connectivity index (χ0) is 13.4. The van der Waals surface area contributed by atoms with E-state index < -0.39 is 30.5 Å². The molecule has 8 nitrogen and oxygen atoms in total. The fraction of sp³-hybridized carbons (Fsp3) is 0.667. The van der Waals surface area contributed by atoms with Crippen LogP contribution in [0.4, 0.5) is 0 Å². The van der Waals surface area contributed by atoms with Gasteiger partial charge >= 0.3 is 17.9 Å². The van der Waals surface area contributed by atoms with Gasteiger partial charge in [0.15, 0.2) is 0 Å². The molecule has 0 saturated heterocycles. The van der Waals surface area contributed by atoms with Crippen molar-refractivity contribution in [1.82, 2.24) is 4.90 Å². The average molecular weight is 248 g/mol. The highest BCUT2D eigenvalue weighted by Crippen LogP contribution is 2.03. The molecule has 17 heavy (non-hydrogen) atoms. The molecule has 0 aliphatic carbocycles.